The van der Waals surface area contributed by atoms with Crippen LogP contribution in [0.5, 0.6) is 5.75 Å². The maximum atomic E-state index is 5.65. The van der Waals surface area contributed by atoms with Crippen molar-refractivity contribution in [2.24, 2.45) is 0 Å². The predicted molar refractivity (Wildman–Crippen MR) is 71.9 cm³/mol. The van der Waals surface area contributed by atoms with Crippen molar-refractivity contribution in [3.63, 3.8) is 0 Å². The highest BCUT2D eigenvalue weighted by atomic mass is 16.5. The van der Waals surface area contributed by atoms with Crippen LogP contribution in [0.15, 0.2) is 18.2 Å². The molecule has 1 aromatic carbocycles. The number of ether oxygens (including phenoxy) is 2. The summed E-state index contributed by atoms with van der Waals surface area (Å²) in [6.07, 6.45) is 0. The molecule has 0 atom stereocenters. The van der Waals surface area contributed by atoms with Gasteiger partial charge in [-0.3, -0.25) is 0 Å². The Hall–Kier alpha value is -1.22. The fourth-order valence-corrected chi connectivity index (χ4v) is 1.50. The summed E-state index contributed by atoms with van der Waals surface area (Å²) < 4.78 is 10.9. The van der Waals surface area contributed by atoms with Gasteiger partial charge in [-0.15, -0.1) is 0 Å². The van der Waals surface area contributed by atoms with E-state index in [4.69, 9.17) is 9.47 Å². The summed E-state index contributed by atoms with van der Waals surface area (Å²) in [5, 5.41) is 3.33. The molecular formula is C14H23NO2. The Morgan fingerprint density at radius 3 is 2.53 bits per heavy atom. The van der Waals surface area contributed by atoms with Crippen molar-refractivity contribution in [1.82, 2.24) is 0 Å². The molecule has 0 aliphatic carbocycles. The quantitative estimate of drug-likeness (QED) is 0.798. The molecule has 0 heterocycles. The molecule has 1 aromatic rings. The van der Waals surface area contributed by atoms with E-state index in [0.717, 1.165) is 18.0 Å². The van der Waals surface area contributed by atoms with Crippen molar-refractivity contribution < 1.29 is 9.47 Å². The highest BCUT2D eigenvalue weighted by Gasteiger charge is 2.09. The molecule has 0 aliphatic heterocycles. The van der Waals surface area contributed by atoms with Crippen LogP contribution < -0.4 is 10.1 Å². The van der Waals surface area contributed by atoms with Gasteiger partial charge >= 0.3 is 0 Å². The molecule has 17 heavy (non-hydrogen) atoms. The van der Waals surface area contributed by atoms with E-state index in [1.54, 1.807) is 7.11 Å². The van der Waals surface area contributed by atoms with E-state index in [0.29, 0.717) is 6.61 Å². The number of rotatable bonds is 5. The summed E-state index contributed by atoms with van der Waals surface area (Å²) in [7, 11) is 1.68. The van der Waals surface area contributed by atoms with E-state index in [1.165, 1.54) is 5.56 Å². The van der Waals surface area contributed by atoms with E-state index in [9.17, 15) is 0 Å². The number of hydrogen-bond acceptors (Lipinski definition) is 3. The third-order valence-electron chi connectivity index (χ3n) is 2.31. The van der Waals surface area contributed by atoms with Gasteiger partial charge in [0.15, 0.2) is 0 Å². The lowest BCUT2D eigenvalue weighted by Gasteiger charge is -2.20. The summed E-state index contributed by atoms with van der Waals surface area (Å²) in [5.41, 5.74) is 2.15. The molecule has 0 spiro atoms. The van der Waals surface area contributed by atoms with Gasteiger partial charge in [0.2, 0.25) is 0 Å². The van der Waals surface area contributed by atoms with E-state index >= 15 is 0 Å². The van der Waals surface area contributed by atoms with Gasteiger partial charge in [0.25, 0.3) is 0 Å². The summed E-state index contributed by atoms with van der Waals surface area (Å²) >= 11 is 0. The van der Waals surface area contributed by atoms with E-state index in [-0.39, 0.29) is 5.60 Å². The maximum absolute atomic E-state index is 5.65. The van der Waals surface area contributed by atoms with Crippen molar-refractivity contribution in [3.05, 3.63) is 23.8 Å². The van der Waals surface area contributed by atoms with Gasteiger partial charge in [-0.2, -0.15) is 0 Å². The van der Waals surface area contributed by atoms with Gasteiger partial charge in [0.1, 0.15) is 5.75 Å². The van der Waals surface area contributed by atoms with Crippen molar-refractivity contribution >= 4 is 5.69 Å². The van der Waals surface area contributed by atoms with E-state index < -0.39 is 0 Å². The number of aryl methyl sites for hydroxylation is 1. The van der Waals surface area contributed by atoms with Crippen LogP contribution >= 0.6 is 0 Å². The second-order valence-corrected chi connectivity index (χ2v) is 5.09. The zero-order valence-corrected chi connectivity index (χ0v) is 11.5. The molecule has 0 amide bonds. The first-order valence-electron chi connectivity index (χ1n) is 5.95. The van der Waals surface area contributed by atoms with Crippen LogP contribution in [0.4, 0.5) is 5.69 Å². The molecule has 96 valence electrons. The minimum Gasteiger partial charge on any atom is -0.495 e. The monoisotopic (exact) mass is 237 g/mol. The van der Waals surface area contributed by atoms with Crippen molar-refractivity contribution in [1.29, 1.82) is 0 Å². The first-order chi connectivity index (χ1) is 7.92. The summed E-state index contributed by atoms with van der Waals surface area (Å²) in [5.74, 6) is 0.867. The highest BCUT2D eigenvalue weighted by Crippen LogP contribution is 2.24. The third kappa shape index (κ3) is 5.09. The Balaban J connectivity index is 2.48. The van der Waals surface area contributed by atoms with Crippen molar-refractivity contribution in [2.75, 3.05) is 25.6 Å². The average Bonchev–Trinajstić information content (AvgIpc) is 2.23. The molecule has 3 nitrogen and oxygen atoms in total. The zero-order valence-electron chi connectivity index (χ0n) is 11.5. The molecule has 1 N–H and O–H groups in total. The second-order valence-electron chi connectivity index (χ2n) is 5.09. The third-order valence-corrected chi connectivity index (χ3v) is 2.31. The first kappa shape index (κ1) is 13.8. The number of methoxy groups -OCH3 is 1. The topological polar surface area (TPSA) is 30.5 Å². The Bertz CT molecular complexity index is 356. The number of benzene rings is 1. The van der Waals surface area contributed by atoms with Crippen LogP contribution in [0, 0.1) is 6.92 Å². The molecule has 0 unspecified atom stereocenters. The zero-order chi connectivity index (χ0) is 12.9. The summed E-state index contributed by atoms with van der Waals surface area (Å²) in [6.45, 7) is 9.69. The minimum atomic E-state index is -0.0849. The van der Waals surface area contributed by atoms with Gasteiger partial charge in [-0.05, 0) is 45.4 Å². The molecule has 0 saturated carbocycles. The molecule has 0 fully saturated rings. The van der Waals surface area contributed by atoms with Gasteiger partial charge < -0.3 is 14.8 Å². The minimum absolute atomic E-state index is 0.0849. The van der Waals surface area contributed by atoms with E-state index in [2.05, 4.69) is 39.1 Å². The molecule has 3 heteroatoms. The first-order valence-corrected chi connectivity index (χ1v) is 5.95. The van der Waals surface area contributed by atoms with Crippen LogP contribution in [0.25, 0.3) is 0 Å². The lowest BCUT2D eigenvalue weighted by atomic mass is 10.2. The van der Waals surface area contributed by atoms with Crippen LogP contribution in [-0.2, 0) is 4.74 Å². The van der Waals surface area contributed by atoms with Crippen LogP contribution in [0.3, 0.4) is 0 Å². The number of hydrogen-bond donors (Lipinski definition) is 1. The number of anilines is 1. The smallest absolute Gasteiger partial charge is 0.141 e. The van der Waals surface area contributed by atoms with Crippen molar-refractivity contribution in [3.8, 4) is 5.75 Å². The lowest BCUT2D eigenvalue weighted by molar-refractivity contribution is 0.00332. The van der Waals surface area contributed by atoms with E-state index in [1.807, 2.05) is 12.1 Å². The standard InChI is InChI=1S/C14H23NO2/c1-11-6-7-13(16-5)12(10-11)15-8-9-17-14(2,3)4/h6-7,10,15H,8-9H2,1-5H3. The largest absolute Gasteiger partial charge is 0.495 e. The Labute approximate surface area is 104 Å². The highest BCUT2D eigenvalue weighted by molar-refractivity contribution is 5.57. The fraction of sp³-hybridized carbons (Fsp3) is 0.571. The number of nitrogens with one attached hydrogen (secondary N) is 1. The maximum Gasteiger partial charge on any atom is 0.141 e. The molecular weight excluding hydrogens is 214 g/mol. The van der Waals surface area contributed by atoms with Crippen LogP contribution in [-0.4, -0.2) is 25.9 Å². The second kappa shape index (κ2) is 5.92. The fourth-order valence-electron chi connectivity index (χ4n) is 1.50. The Morgan fingerprint density at radius 1 is 1.24 bits per heavy atom. The summed E-state index contributed by atoms with van der Waals surface area (Å²) in [4.78, 5) is 0. The van der Waals surface area contributed by atoms with Gasteiger partial charge in [-0.25, -0.2) is 0 Å². The molecule has 0 aliphatic rings. The normalized spacial score (nSPS) is 11.4. The van der Waals surface area contributed by atoms with Crippen LogP contribution in [0.2, 0.25) is 0 Å². The van der Waals surface area contributed by atoms with Gasteiger partial charge in [-0.1, -0.05) is 6.07 Å². The van der Waals surface area contributed by atoms with Crippen LogP contribution in [0.1, 0.15) is 26.3 Å². The van der Waals surface area contributed by atoms with Gasteiger partial charge in [0.05, 0.1) is 25.0 Å². The van der Waals surface area contributed by atoms with Crippen molar-refractivity contribution in [2.45, 2.75) is 33.3 Å². The Morgan fingerprint density at radius 2 is 1.94 bits per heavy atom. The lowest BCUT2D eigenvalue weighted by Crippen LogP contribution is -2.23. The SMILES string of the molecule is COc1ccc(C)cc1NCCOC(C)(C)C. The van der Waals surface area contributed by atoms with Gasteiger partial charge in [0, 0.05) is 6.54 Å². The molecule has 0 saturated heterocycles. The molecule has 0 radical (unpaired) electrons. The average molecular weight is 237 g/mol. The summed E-state index contributed by atoms with van der Waals surface area (Å²) in [6, 6.07) is 6.09. The molecule has 1 rings (SSSR count). The Kier molecular flexibility index (Phi) is 4.82. The molecule has 0 bridgehead atoms. The molecule has 0 aromatic heterocycles. The predicted octanol–water partition coefficient (Wildman–Crippen LogP) is 3.23.